The summed E-state index contributed by atoms with van der Waals surface area (Å²) < 4.78 is 6.30. The Bertz CT molecular complexity index is 1450. The fraction of sp³-hybridized carbons (Fsp3) is 0.0909. The van der Waals surface area contributed by atoms with Gasteiger partial charge in [0.05, 0.1) is 30.0 Å². The number of aromatic amines is 2. The van der Waals surface area contributed by atoms with E-state index in [4.69, 9.17) is 27.9 Å². The molecule has 0 spiro atoms. The summed E-state index contributed by atoms with van der Waals surface area (Å²) >= 11 is 12.6. The lowest BCUT2D eigenvalue weighted by Crippen LogP contribution is -2.11. The molecule has 6 rings (SSSR count). The van der Waals surface area contributed by atoms with E-state index in [2.05, 4.69) is 26.2 Å². The third-order valence-corrected chi connectivity index (χ3v) is 5.82. The molecular weight excluding hydrogens is 421 g/mol. The van der Waals surface area contributed by atoms with Crippen molar-refractivity contribution in [3.05, 3.63) is 64.9 Å². The number of nitrogens with one attached hydrogen (secondary N) is 2. The smallest absolute Gasteiger partial charge is 0.167 e. The molecule has 0 atom stereocenters. The summed E-state index contributed by atoms with van der Waals surface area (Å²) in [7, 11) is 0. The second kappa shape index (κ2) is 6.65. The van der Waals surface area contributed by atoms with Crippen LogP contribution in [0, 0.1) is 0 Å². The Labute approximate surface area is 180 Å². The number of fused-ring (bicyclic) bond motifs is 6. The van der Waals surface area contributed by atoms with E-state index in [1.807, 2.05) is 36.4 Å². The van der Waals surface area contributed by atoms with Crippen LogP contribution in [-0.4, -0.2) is 31.6 Å². The van der Waals surface area contributed by atoms with Gasteiger partial charge in [-0.05, 0) is 42.5 Å². The minimum Gasteiger partial charge on any atom is -0.487 e. The van der Waals surface area contributed by atoms with Crippen LogP contribution in [0.2, 0.25) is 10.0 Å². The highest BCUT2D eigenvalue weighted by atomic mass is 35.5. The molecule has 3 aromatic heterocycles. The predicted molar refractivity (Wildman–Crippen MR) is 121 cm³/mol. The Morgan fingerprint density at radius 2 is 1.33 bits per heavy atom. The van der Waals surface area contributed by atoms with Gasteiger partial charge in [-0.25, -0.2) is 0 Å². The van der Waals surface area contributed by atoms with E-state index >= 15 is 0 Å². The molecule has 8 heteroatoms. The lowest BCUT2D eigenvalue weighted by molar-refractivity contribution is 0.287. The van der Waals surface area contributed by atoms with Crippen molar-refractivity contribution >= 4 is 66.8 Å². The predicted octanol–water partition coefficient (Wildman–Crippen LogP) is 5.93. The molecule has 3 aromatic carbocycles. The first-order valence-electron chi connectivity index (χ1n) is 9.49. The highest BCUT2D eigenvalue weighted by molar-refractivity contribution is 6.33. The Hall–Kier alpha value is -3.22. The molecule has 3 heterocycles. The van der Waals surface area contributed by atoms with Crippen molar-refractivity contribution in [1.82, 2.24) is 25.0 Å². The first-order chi connectivity index (χ1) is 14.7. The lowest BCUT2D eigenvalue weighted by Gasteiger charge is -2.09. The van der Waals surface area contributed by atoms with Crippen molar-refractivity contribution < 1.29 is 4.74 Å². The van der Waals surface area contributed by atoms with Crippen LogP contribution in [0.25, 0.3) is 43.6 Å². The number of hydrogen-bond donors (Lipinski definition) is 2. The highest BCUT2D eigenvalue weighted by Gasteiger charge is 2.18. The molecule has 30 heavy (non-hydrogen) atoms. The van der Waals surface area contributed by atoms with Gasteiger partial charge in [-0.15, -0.1) is 0 Å². The van der Waals surface area contributed by atoms with E-state index in [-0.39, 0.29) is 0 Å². The van der Waals surface area contributed by atoms with Gasteiger partial charge in [0, 0.05) is 42.6 Å². The maximum Gasteiger partial charge on any atom is 0.167 e. The first kappa shape index (κ1) is 17.6. The summed E-state index contributed by atoms with van der Waals surface area (Å²) in [5, 5.41) is 13.9. The molecule has 0 radical (unpaired) electrons. The van der Waals surface area contributed by atoms with Crippen LogP contribution in [-0.2, 0) is 6.54 Å². The molecule has 0 aliphatic heterocycles. The maximum atomic E-state index is 6.30. The molecule has 148 valence electrons. The molecule has 0 amide bonds. The van der Waals surface area contributed by atoms with E-state index in [0.717, 1.165) is 49.4 Å². The molecule has 0 saturated carbocycles. The average Bonchev–Trinajstić information content (AvgIpc) is 3.45. The largest absolute Gasteiger partial charge is 0.487 e. The molecule has 2 N–H and O–H groups in total. The zero-order valence-corrected chi connectivity index (χ0v) is 17.1. The second-order valence-electron chi connectivity index (χ2n) is 7.15. The lowest BCUT2D eigenvalue weighted by atomic mass is 10.1. The summed E-state index contributed by atoms with van der Waals surface area (Å²) in [4.78, 5) is 8.60. The Balaban J connectivity index is 1.61. The molecule has 0 bridgehead atoms. The van der Waals surface area contributed by atoms with E-state index in [0.29, 0.717) is 23.2 Å². The van der Waals surface area contributed by atoms with Crippen molar-refractivity contribution in [1.29, 1.82) is 0 Å². The fourth-order valence-electron chi connectivity index (χ4n) is 4.03. The van der Waals surface area contributed by atoms with E-state index < -0.39 is 0 Å². The van der Waals surface area contributed by atoms with Crippen LogP contribution in [0.5, 0.6) is 5.75 Å². The van der Waals surface area contributed by atoms with Crippen molar-refractivity contribution in [3.63, 3.8) is 0 Å². The quantitative estimate of drug-likeness (QED) is 0.360. The minimum atomic E-state index is 0.426. The molecule has 0 unspecified atom stereocenters. The molecule has 6 nitrogen and oxygen atoms in total. The molecular formula is C22H15Cl2N5O. The van der Waals surface area contributed by atoms with Gasteiger partial charge < -0.3 is 14.7 Å². The number of aromatic nitrogens is 5. The second-order valence-corrected chi connectivity index (χ2v) is 8.03. The summed E-state index contributed by atoms with van der Waals surface area (Å²) in [5.41, 5.74) is 3.85. The van der Waals surface area contributed by atoms with Gasteiger partial charge in [0.2, 0.25) is 0 Å². The number of halogens is 2. The molecule has 0 saturated heterocycles. The zero-order chi connectivity index (χ0) is 20.2. The van der Waals surface area contributed by atoms with E-state index in [1.54, 1.807) is 17.2 Å². The molecule has 0 aliphatic carbocycles. The van der Waals surface area contributed by atoms with Crippen LogP contribution in [0.1, 0.15) is 0 Å². The SMILES string of the molecule is Clc1ccc2[nH]c3c(OCCn4nccn4)c4[nH]c5ccc(Cl)cc5c4cc3c2c1. The van der Waals surface area contributed by atoms with Gasteiger partial charge in [0.15, 0.2) is 5.75 Å². The van der Waals surface area contributed by atoms with Crippen LogP contribution >= 0.6 is 23.2 Å². The summed E-state index contributed by atoms with van der Waals surface area (Å²) in [6.07, 6.45) is 3.31. The molecule has 0 fully saturated rings. The molecule has 6 aromatic rings. The van der Waals surface area contributed by atoms with Gasteiger partial charge in [0.1, 0.15) is 6.61 Å². The highest BCUT2D eigenvalue weighted by Crippen LogP contribution is 2.41. The van der Waals surface area contributed by atoms with Gasteiger partial charge in [-0.3, -0.25) is 0 Å². The number of benzene rings is 3. The summed E-state index contributed by atoms with van der Waals surface area (Å²) in [6.45, 7) is 0.970. The standard InChI is InChI=1S/C22H15Cl2N5O/c23-12-1-3-18-14(9-12)16-11-17-15-10-13(24)2-4-19(15)28-21(17)22(20(16)27-18)30-8-7-29-25-5-6-26-29/h1-6,9-11,27-28H,7-8H2. The van der Waals surface area contributed by atoms with Gasteiger partial charge in [-0.1, -0.05) is 23.2 Å². The average molecular weight is 436 g/mol. The maximum absolute atomic E-state index is 6.30. The van der Waals surface area contributed by atoms with Crippen molar-refractivity contribution in [3.8, 4) is 5.75 Å². The number of H-pyrrole nitrogens is 2. The minimum absolute atomic E-state index is 0.426. The first-order valence-corrected chi connectivity index (χ1v) is 10.2. The normalized spacial score (nSPS) is 11.9. The Morgan fingerprint density at radius 1 is 0.767 bits per heavy atom. The molecule has 0 aliphatic rings. The van der Waals surface area contributed by atoms with Crippen LogP contribution in [0.15, 0.2) is 54.9 Å². The Morgan fingerprint density at radius 3 is 1.90 bits per heavy atom. The topological polar surface area (TPSA) is 71.5 Å². The summed E-state index contributed by atoms with van der Waals surface area (Å²) in [5.74, 6) is 0.759. The number of hydrogen-bond acceptors (Lipinski definition) is 3. The number of nitrogens with zero attached hydrogens (tertiary/aromatic N) is 3. The van der Waals surface area contributed by atoms with Crippen molar-refractivity contribution in [2.24, 2.45) is 0 Å². The third-order valence-electron chi connectivity index (χ3n) is 5.35. The van der Waals surface area contributed by atoms with Gasteiger partial charge in [-0.2, -0.15) is 15.0 Å². The van der Waals surface area contributed by atoms with Crippen LogP contribution in [0.4, 0.5) is 0 Å². The monoisotopic (exact) mass is 435 g/mol. The van der Waals surface area contributed by atoms with Gasteiger partial charge in [0.25, 0.3) is 0 Å². The number of rotatable bonds is 4. The van der Waals surface area contributed by atoms with Crippen molar-refractivity contribution in [2.75, 3.05) is 6.61 Å². The van der Waals surface area contributed by atoms with Gasteiger partial charge >= 0.3 is 0 Å². The third kappa shape index (κ3) is 2.72. The zero-order valence-electron chi connectivity index (χ0n) is 15.6. The Kier molecular flexibility index (Phi) is 3.91. The van der Waals surface area contributed by atoms with E-state index in [9.17, 15) is 0 Å². The fourth-order valence-corrected chi connectivity index (χ4v) is 4.37. The van der Waals surface area contributed by atoms with Crippen LogP contribution in [0.3, 0.4) is 0 Å². The van der Waals surface area contributed by atoms with Crippen LogP contribution < -0.4 is 4.74 Å². The van der Waals surface area contributed by atoms with Crippen molar-refractivity contribution in [2.45, 2.75) is 6.54 Å². The summed E-state index contributed by atoms with van der Waals surface area (Å²) in [6, 6.07) is 13.8. The van der Waals surface area contributed by atoms with E-state index in [1.165, 1.54) is 0 Å². The number of ether oxygens (including phenoxy) is 1.